The first-order chi connectivity index (χ1) is 9.65. The molecule has 1 atom stereocenters. The minimum Gasteiger partial charge on any atom is -0.387 e. The topological polar surface area (TPSA) is 39.3 Å². The lowest BCUT2D eigenvalue weighted by Crippen LogP contribution is -2.19. The molecule has 0 spiro atoms. The van der Waals surface area contributed by atoms with Crippen LogP contribution in [0.2, 0.25) is 0 Å². The number of aliphatic hydroxyl groups excluding tert-OH is 1. The molecule has 0 bridgehead atoms. The summed E-state index contributed by atoms with van der Waals surface area (Å²) in [5.74, 6) is 0. The summed E-state index contributed by atoms with van der Waals surface area (Å²) >= 11 is 1.70. The molecule has 2 N–H and O–H groups in total. The van der Waals surface area contributed by atoms with Crippen LogP contribution in [0.4, 0.5) is 0 Å². The summed E-state index contributed by atoms with van der Waals surface area (Å²) in [5, 5.41) is 15.7. The van der Waals surface area contributed by atoms with Crippen LogP contribution in [0, 0.1) is 0 Å². The van der Waals surface area contributed by atoms with E-state index in [2.05, 4.69) is 40.0 Å². The monoisotopic (exact) mass is 286 g/mol. The summed E-state index contributed by atoms with van der Waals surface area (Å²) in [6.45, 7) is 0.621. The molecule has 0 saturated heterocycles. The van der Waals surface area contributed by atoms with Gasteiger partial charge in [0, 0.05) is 29.2 Å². The number of aromatic amines is 1. The molecule has 3 aromatic rings. The van der Waals surface area contributed by atoms with Crippen molar-refractivity contribution in [3.8, 4) is 11.1 Å². The van der Waals surface area contributed by atoms with E-state index >= 15 is 0 Å². The molecule has 0 aliphatic heterocycles. The van der Waals surface area contributed by atoms with E-state index < -0.39 is 6.10 Å². The summed E-state index contributed by atoms with van der Waals surface area (Å²) in [7, 11) is 3.93. The second-order valence-corrected chi connectivity index (χ2v) is 6.07. The summed E-state index contributed by atoms with van der Waals surface area (Å²) in [6.07, 6.45) is 1.44. The Morgan fingerprint density at radius 2 is 2.10 bits per heavy atom. The number of fused-ring (bicyclic) bond motifs is 1. The first-order valence-electron chi connectivity index (χ1n) is 6.61. The molecule has 0 fully saturated rings. The number of likely N-dealkylation sites (N-methyl/N-ethyl adjacent to an activating group) is 1. The normalized spacial score (nSPS) is 13.2. The highest BCUT2D eigenvalue weighted by atomic mass is 32.1. The van der Waals surface area contributed by atoms with Crippen LogP contribution in [0.25, 0.3) is 22.0 Å². The molecule has 3 nitrogen and oxygen atoms in total. The van der Waals surface area contributed by atoms with Gasteiger partial charge in [-0.25, -0.2) is 0 Å². The first-order valence-corrected chi connectivity index (χ1v) is 7.56. The maximum atomic E-state index is 10.3. The fraction of sp³-hybridized carbons (Fsp3) is 0.250. The minimum atomic E-state index is -0.475. The second-order valence-electron chi connectivity index (χ2n) is 5.29. The Morgan fingerprint density at radius 1 is 1.25 bits per heavy atom. The highest BCUT2D eigenvalue weighted by molar-refractivity contribution is 7.08. The second kappa shape index (κ2) is 5.40. The van der Waals surface area contributed by atoms with Crippen molar-refractivity contribution in [1.82, 2.24) is 9.88 Å². The molecule has 0 aliphatic carbocycles. The van der Waals surface area contributed by atoms with Gasteiger partial charge in [-0.05, 0) is 54.2 Å². The summed E-state index contributed by atoms with van der Waals surface area (Å²) < 4.78 is 0. The summed E-state index contributed by atoms with van der Waals surface area (Å²) in [5.41, 5.74) is 4.45. The van der Waals surface area contributed by atoms with E-state index in [4.69, 9.17) is 0 Å². The summed E-state index contributed by atoms with van der Waals surface area (Å²) in [6, 6.07) is 8.47. The number of aromatic nitrogens is 1. The lowest BCUT2D eigenvalue weighted by Gasteiger charge is -2.15. The van der Waals surface area contributed by atoms with E-state index in [0.717, 1.165) is 16.5 Å². The van der Waals surface area contributed by atoms with Gasteiger partial charge in [0.2, 0.25) is 0 Å². The molecule has 1 aromatic carbocycles. The van der Waals surface area contributed by atoms with Crippen LogP contribution in [-0.2, 0) is 0 Å². The van der Waals surface area contributed by atoms with Crippen LogP contribution >= 0.6 is 11.3 Å². The molecule has 0 radical (unpaired) electrons. The van der Waals surface area contributed by atoms with Crippen LogP contribution in [0.3, 0.4) is 0 Å². The molecule has 1 unspecified atom stereocenters. The van der Waals surface area contributed by atoms with Crippen molar-refractivity contribution < 1.29 is 5.11 Å². The third kappa shape index (κ3) is 2.50. The van der Waals surface area contributed by atoms with Crippen LogP contribution in [0.1, 0.15) is 11.7 Å². The zero-order chi connectivity index (χ0) is 14.1. The van der Waals surface area contributed by atoms with Gasteiger partial charge < -0.3 is 15.0 Å². The van der Waals surface area contributed by atoms with Gasteiger partial charge in [-0.3, -0.25) is 0 Å². The van der Waals surface area contributed by atoms with Crippen LogP contribution < -0.4 is 0 Å². The number of benzene rings is 1. The molecule has 0 saturated carbocycles. The number of H-pyrrole nitrogens is 1. The molecule has 0 amide bonds. The third-order valence-corrected chi connectivity index (χ3v) is 4.15. The van der Waals surface area contributed by atoms with Gasteiger partial charge in [-0.2, -0.15) is 11.3 Å². The maximum Gasteiger partial charge on any atom is 0.0937 e. The van der Waals surface area contributed by atoms with Crippen molar-refractivity contribution in [1.29, 1.82) is 0 Å². The Labute approximate surface area is 122 Å². The molecule has 104 valence electrons. The Kier molecular flexibility index (Phi) is 3.61. The molecule has 3 rings (SSSR count). The van der Waals surface area contributed by atoms with Crippen molar-refractivity contribution in [3.63, 3.8) is 0 Å². The first kappa shape index (κ1) is 13.4. The number of hydrogen-bond acceptors (Lipinski definition) is 3. The average Bonchev–Trinajstić information content (AvgIpc) is 3.06. The Balaban J connectivity index is 2.04. The quantitative estimate of drug-likeness (QED) is 0.770. The van der Waals surface area contributed by atoms with Gasteiger partial charge in [-0.15, -0.1) is 0 Å². The number of thiophene rings is 1. The Bertz CT molecular complexity index is 700. The van der Waals surface area contributed by atoms with Crippen molar-refractivity contribution in [3.05, 3.63) is 46.8 Å². The smallest absolute Gasteiger partial charge is 0.0937 e. The van der Waals surface area contributed by atoms with Crippen molar-refractivity contribution in [2.24, 2.45) is 0 Å². The van der Waals surface area contributed by atoms with E-state index in [0.29, 0.717) is 6.54 Å². The number of rotatable bonds is 4. The van der Waals surface area contributed by atoms with Crippen molar-refractivity contribution in [2.45, 2.75) is 6.10 Å². The Hall–Kier alpha value is -1.62. The zero-order valence-electron chi connectivity index (χ0n) is 11.6. The zero-order valence-corrected chi connectivity index (χ0v) is 12.4. The molecule has 2 heterocycles. The van der Waals surface area contributed by atoms with Crippen LogP contribution in [0.5, 0.6) is 0 Å². The lowest BCUT2D eigenvalue weighted by atomic mass is 10.0. The number of nitrogens with one attached hydrogen (secondary N) is 1. The SMILES string of the molecule is CN(C)CC(O)c1c[nH]c2ccc(-c3ccsc3)cc12. The predicted octanol–water partition coefficient (Wildman–Crippen LogP) is 3.49. The predicted molar refractivity (Wildman–Crippen MR) is 85.1 cm³/mol. The van der Waals surface area contributed by atoms with E-state index in [9.17, 15) is 5.11 Å². The van der Waals surface area contributed by atoms with E-state index in [1.54, 1.807) is 11.3 Å². The van der Waals surface area contributed by atoms with Gasteiger partial charge in [0.15, 0.2) is 0 Å². The average molecular weight is 286 g/mol. The number of hydrogen-bond donors (Lipinski definition) is 2. The fourth-order valence-electron chi connectivity index (χ4n) is 2.47. The maximum absolute atomic E-state index is 10.3. The largest absolute Gasteiger partial charge is 0.387 e. The van der Waals surface area contributed by atoms with Gasteiger partial charge in [0.25, 0.3) is 0 Å². The van der Waals surface area contributed by atoms with Gasteiger partial charge in [0.05, 0.1) is 6.10 Å². The standard InChI is InChI=1S/C16H18N2OS/c1-18(2)9-16(19)14-8-17-15-4-3-11(7-13(14)15)12-5-6-20-10-12/h3-8,10,16-17,19H,9H2,1-2H3. The van der Waals surface area contributed by atoms with Crippen molar-refractivity contribution in [2.75, 3.05) is 20.6 Å². The molecular weight excluding hydrogens is 268 g/mol. The fourth-order valence-corrected chi connectivity index (χ4v) is 3.14. The lowest BCUT2D eigenvalue weighted by molar-refractivity contribution is 0.140. The number of nitrogens with zero attached hydrogens (tertiary/aromatic N) is 1. The third-order valence-electron chi connectivity index (χ3n) is 3.47. The van der Waals surface area contributed by atoms with Gasteiger partial charge in [0.1, 0.15) is 0 Å². The summed E-state index contributed by atoms with van der Waals surface area (Å²) in [4.78, 5) is 5.23. The van der Waals surface area contributed by atoms with Crippen molar-refractivity contribution >= 4 is 22.2 Å². The van der Waals surface area contributed by atoms with E-state index in [-0.39, 0.29) is 0 Å². The molecule has 20 heavy (non-hydrogen) atoms. The Morgan fingerprint density at radius 3 is 2.80 bits per heavy atom. The highest BCUT2D eigenvalue weighted by Crippen LogP contribution is 2.30. The number of aliphatic hydroxyl groups is 1. The van der Waals surface area contributed by atoms with Crippen LogP contribution in [0.15, 0.2) is 41.2 Å². The molecular formula is C16H18N2OS. The molecule has 4 heteroatoms. The highest BCUT2D eigenvalue weighted by Gasteiger charge is 2.14. The minimum absolute atomic E-state index is 0.475. The molecule has 0 aliphatic rings. The van der Waals surface area contributed by atoms with Crippen LogP contribution in [-0.4, -0.2) is 35.6 Å². The van der Waals surface area contributed by atoms with E-state index in [1.807, 2.05) is 25.2 Å². The molecule has 2 aromatic heterocycles. The van der Waals surface area contributed by atoms with E-state index in [1.165, 1.54) is 11.1 Å². The van der Waals surface area contributed by atoms with Gasteiger partial charge >= 0.3 is 0 Å². The van der Waals surface area contributed by atoms with Gasteiger partial charge in [-0.1, -0.05) is 6.07 Å².